The summed E-state index contributed by atoms with van der Waals surface area (Å²) in [6, 6.07) is 5.35. The third-order valence-corrected chi connectivity index (χ3v) is 9.05. The minimum Gasteiger partial charge on any atom is -0.504 e. The number of likely N-dealkylation sites (tertiary alicyclic amines) is 1. The molecule has 5 atom stereocenters. The van der Waals surface area contributed by atoms with Crippen molar-refractivity contribution in [2.75, 3.05) is 13.1 Å². The topological polar surface area (TPSA) is 95.2 Å². The third-order valence-electron chi connectivity index (χ3n) is 9.05. The number of carbonyl (C=O) groups is 1. The third kappa shape index (κ3) is 2.66. The smallest absolute Gasteiger partial charge is 0.224 e. The lowest BCUT2D eigenvalue weighted by atomic mass is 9.48. The monoisotopic (exact) mass is 450 g/mol. The van der Waals surface area contributed by atoms with Crippen molar-refractivity contribution < 1.29 is 24.2 Å². The van der Waals surface area contributed by atoms with Crippen LogP contribution < -0.4 is 10.1 Å². The van der Waals surface area contributed by atoms with Crippen molar-refractivity contribution in [1.29, 1.82) is 0 Å². The van der Waals surface area contributed by atoms with Gasteiger partial charge in [0, 0.05) is 18.2 Å². The number of furan rings is 1. The molecule has 1 spiro atoms. The summed E-state index contributed by atoms with van der Waals surface area (Å²) in [5.41, 5.74) is 1.46. The van der Waals surface area contributed by atoms with Gasteiger partial charge >= 0.3 is 0 Å². The normalized spacial score (nSPS) is 36.2. The lowest BCUT2D eigenvalue weighted by Gasteiger charge is -2.64. The van der Waals surface area contributed by atoms with Gasteiger partial charge in [0.2, 0.25) is 5.91 Å². The number of phenols is 1. The number of amides is 1. The number of benzene rings is 1. The molecule has 5 aliphatic rings. The number of piperidine rings is 1. The lowest BCUT2D eigenvalue weighted by molar-refractivity contribution is -0.192. The molecular formula is C26H30N2O5. The first-order chi connectivity index (χ1) is 16.0. The van der Waals surface area contributed by atoms with Crippen molar-refractivity contribution in [3.63, 3.8) is 0 Å². The summed E-state index contributed by atoms with van der Waals surface area (Å²) in [5.74, 6) is 1.32. The minimum atomic E-state index is -0.928. The summed E-state index contributed by atoms with van der Waals surface area (Å²) < 4.78 is 11.6. The molecule has 3 N–H and O–H groups in total. The maximum Gasteiger partial charge on any atom is 0.224 e. The minimum absolute atomic E-state index is 0.0449. The summed E-state index contributed by atoms with van der Waals surface area (Å²) in [7, 11) is 0. The van der Waals surface area contributed by atoms with Crippen LogP contribution >= 0.6 is 0 Å². The lowest BCUT2D eigenvalue weighted by Crippen LogP contribution is -2.78. The average molecular weight is 451 g/mol. The zero-order valence-corrected chi connectivity index (χ0v) is 18.6. The van der Waals surface area contributed by atoms with Crippen molar-refractivity contribution in [3.05, 3.63) is 47.4 Å². The number of ether oxygens (including phenoxy) is 1. The highest BCUT2D eigenvalue weighted by molar-refractivity contribution is 5.79. The predicted octanol–water partition coefficient (Wildman–Crippen LogP) is 2.28. The van der Waals surface area contributed by atoms with Gasteiger partial charge in [0.25, 0.3) is 0 Å². The van der Waals surface area contributed by atoms with Gasteiger partial charge in [-0.25, -0.2) is 0 Å². The second-order valence-corrected chi connectivity index (χ2v) is 10.8. The highest BCUT2D eigenvalue weighted by Crippen LogP contribution is 2.65. The van der Waals surface area contributed by atoms with Crippen LogP contribution in [0.2, 0.25) is 0 Å². The standard InChI is InChI=1S/C26H30N2O5/c29-19-4-3-17-12-20-26(31)7-5-18(27-21(30)11-16-6-10-32-14-16)24-25(26,22(17)23(19)33-24)8-9-28(20)13-15-1-2-15/h3-4,6,10,14-15,18,20,24,29,31H,1-2,5,7-9,11-13H2,(H,27,30)/t18-,20-,24+,25+,26-/m1/s1. The van der Waals surface area contributed by atoms with Crippen LogP contribution in [-0.4, -0.2) is 57.9 Å². The summed E-state index contributed by atoms with van der Waals surface area (Å²) in [4.78, 5) is 15.4. The van der Waals surface area contributed by atoms with E-state index in [-0.39, 0.29) is 30.2 Å². The molecule has 1 saturated heterocycles. The van der Waals surface area contributed by atoms with Crippen LogP contribution in [-0.2, 0) is 23.1 Å². The van der Waals surface area contributed by atoms with Crippen molar-refractivity contribution in [1.82, 2.24) is 10.2 Å². The molecule has 7 nitrogen and oxygen atoms in total. The van der Waals surface area contributed by atoms with Crippen LogP contribution in [0.1, 0.15) is 48.8 Å². The van der Waals surface area contributed by atoms with Crippen LogP contribution in [0.15, 0.2) is 35.1 Å². The van der Waals surface area contributed by atoms with E-state index in [2.05, 4.69) is 10.2 Å². The Morgan fingerprint density at radius 3 is 2.88 bits per heavy atom. The molecule has 174 valence electrons. The van der Waals surface area contributed by atoms with Gasteiger partial charge in [-0.15, -0.1) is 0 Å². The van der Waals surface area contributed by atoms with E-state index < -0.39 is 17.1 Å². The number of hydrogen-bond acceptors (Lipinski definition) is 6. The molecule has 0 radical (unpaired) electrons. The highest BCUT2D eigenvalue weighted by Gasteiger charge is 2.73. The second kappa shape index (κ2) is 6.76. The Labute approximate surface area is 192 Å². The van der Waals surface area contributed by atoms with E-state index in [1.54, 1.807) is 24.7 Å². The van der Waals surface area contributed by atoms with Crippen molar-refractivity contribution in [2.24, 2.45) is 5.92 Å². The second-order valence-electron chi connectivity index (χ2n) is 10.8. The van der Waals surface area contributed by atoms with E-state index in [1.807, 2.05) is 6.07 Å². The van der Waals surface area contributed by atoms with Crippen LogP contribution in [0, 0.1) is 5.92 Å². The summed E-state index contributed by atoms with van der Waals surface area (Å²) in [6.07, 6.45) is 8.41. The summed E-state index contributed by atoms with van der Waals surface area (Å²) in [5, 5.41) is 26.3. The Morgan fingerprint density at radius 1 is 1.21 bits per heavy atom. The van der Waals surface area contributed by atoms with Crippen molar-refractivity contribution in [3.8, 4) is 11.5 Å². The maximum absolute atomic E-state index is 12.9. The molecule has 1 aromatic heterocycles. The number of aliphatic hydroxyl groups is 1. The fraction of sp³-hybridized carbons (Fsp3) is 0.577. The number of hydrogen-bond donors (Lipinski definition) is 3. The number of nitrogens with zero attached hydrogens (tertiary/aromatic N) is 1. The maximum atomic E-state index is 12.9. The van der Waals surface area contributed by atoms with Gasteiger partial charge in [-0.05, 0) is 74.2 Å². The van der Waals surface area contributed by atoms with E-state index in [0.717, 1.165) is 43.0 Å². The SMILES string of the molecule is O=C(Cc1ccoc1)N[C@@H]1CC[C@@]2(O)[C@H]3Cc4ccc(O)c5c4[C@@]2(CCN3CC2CC2)[C@H]1O5. The fourth-order valence-electron chi connectivity index (χ4n) is 7.47. The van der Waals surface area contributed by atoms with E-state index in [0.29, 0.717) is 18.6 Å². The number of phenolic OH excluding ortho intramolecular Hbond substituents is 1. The number of carbonyl (C=O) groups excluding carboxylic acids is 1. The van der Waals surface area contributed by atoms with Gasteiger partial charge in [0.1, 0.15) is 6.10 Å². The van der Waals surface area contributed by atoms with Crippen LogP contribution in [0.25, 0.3) is 0 Å². The first kappa shape index (κ1) is 19.9. The molecular weight excluding hydrogens is 420 g/mol. The summed E-state index contributed by atoms with van der Waals surface area (Å²) >= 11 is 0. The number of nitrogens with one attached hydrogen (secondary N) is 1. The Hall–Kier alpha value is -2.51. The van der Waals surface area contributed by atoms with Gasteiger partial charge in [-0.3, -0.25) is 9.69 Å². The molecule has 33 heavy (non-hydrogen) atoms. The van der Waals surface area contributed by atoms with Gasteiger partial charge in [0.15, 0.2) is 11.5 Å². The molecule has 2 aromatic rings. The molecule has 3 fully saturated rings. The molecule has 2 bridgehead atoms. The van der Waals surface area contributed by atoms with E-state index in [4.69, 9.17) is 9.15 Å². The predicted molar refractivity (Wildman–Crippen MR) is 119 cm³/mol. The van der Waals surface area contributed by atoms with E-state index >= 15 is 0 Å². The van der Waals surface area contributed by atoms with Gasteiger partial charge in [-0.1, -0.05) is 6.07 Å². The fourth-order valence-corrected chi connectivity index (χ4v) is 7.47. The highest BCUT2D eigenvalue weighted by atomic mass is 16.5. The van der Waals surface area contributed by atoms with Gasteiger partial charge < -0.3 is 24.7 Å². The zero-order valence-electron chi connectivity index (χ0n) is 18.6. The molecule has 7 rings (SSSR count). The van der Waals surface area contributed by atoms with Gasteiger partial charge in [-0.2, -0.15) is 0 Å². The van der Waals surface area contributed by atoms with Crippen LogP contribution in [0.5, 0.6) is 11.5 Å². The first-order valence-corrected chi connectivity index (χ1v) is 12.3. The zero-order chi connectivity index (χ0) is 22.4. The molecule has 1 amide bonds. The Bertz CT molecular complexity index is 1110. The molecule has 3 aliphatic carbocycles. The molecule has 0 unspecified atom stereocenters. The largest absolute Gasteiger partial charge is 0.504 e. The summed E-state index contributed by atoms with van der Waals surface area (Å²) in [6.45, 7) is 1.97. The molecule has 3 heterocycles. The van der Waals surface area contributed by atoms with Gasteiger partial charge in [0.05, 0.1) is 36.0 Å². The van der Waals surface area contributed by atoms with Crippen LogP contribution in [0.4, 0.5) is 0 Å². The molecule has 2 aliphatic heterocycles. The van der Waals surface area contributed by atoms with Crippen molar-refractivity contribution >= 4 is 5.91 Å². The Kier molecular flexibility index (Phi) is 4.08. The Morgan fingerprint density at radius 2 is 2.09 bits per heavy atom. The molecule has 7 heteroatoms. The molecule has 2 saturated carbocycles. The van der Waals surface area contributed by atoms with E-state index in [9.17, 15) is 15.0 Å². The number of rotatable bonds is 5. The first-order valence-electron chi connectivity index (χ1n) is 12.3. The van der Waals surface area contributed by atoms with E-state index in [1.165, 1.54) is 18.4 Å². The van der Waals surface area contributed by atoms with Crippen molar-refractivity contribution in [2.45, 2.75) is 74.1 Å². The number of aromatic hydroxyl groups is 1. The quantitative estimate of drug-likeness (QED) is 0.647. The average Bonchev–Trinajstić information content (AvgIpc) is 3.31. The molecule has 1 aromatic carbocycles. The Balaban J connectivity index is 1.27. The van der Waals surface area contributed by atoms with Crippen LogP contribution in [0.3, 0.4) is 0 Å².